The lowest BCUT2D eigenvalue weighted by atomic mass is 10.1. The third-order valence-electron chi connectivity index (χ3n) is 1.89. The smallest absolute Gasteiger partial charge is 0.220 e. The Bertz CT molecular complexity index is 329. The van der Waals surface area contributed by atoms with E-state index in [1.807, 2.05) is 13.8 Å². The standard InChI is InChI=1S/C11H15NO3/c1-3-12(14)8-9-5-6-10(13)11(7-9)15-4-2/h5-8,14H,3-4H2,1-2H3/b9-8+. The van der Waals surface area contributed by atoms with Crippen LogP contribution in [0.2, 0.25) is 0 Å². The third kappa shape index (κ3) is 3.25. The molecule has 0 bridgehead atoms. The molecule has 0 radical (unpaired) electrons. The Morgan fingerprint density at radius 2 is 2.20 bits per heavy atom. The van der Waals surface area contributed by atoms with E-state index in [4.69, 9.17) is 4.74 Å². The number of allylic oxidation sites excluding steroid dienone is 4. The fraction of sp³-hybridized carbons (Fsp3) is 0.364. The second-order valence-corrected chi connectivity index (χ2v) is 3.02. The van der Waals surface area contributed by atoms with Gasteiger partial charge in [0.1, 0.15) is 0 Å². The molecule has 0 saturated heterocycles. The molecule has 82 valence electrons. The van der Waals surface area contributed by atoms with E-state index in [0.29, 0.717) is 18.9 Å². The number of carbonyl (C=O) groups is 1. The molecule has 0 unspecified atom stereocenters. The van der Waals surface area contributed by atoms with Crippen LogP contribution in [0.4, 0.5) is 0 Å². The van der Waals surface area contributed by atoms with Crippen LogP contribution >= 0.6 is 0 Å². The van der Waals surface area contributed by atoms with Crippen molar-refractivity contribution in [2.45, 2.75) is 13.8 Å². The van der Waals surface area contributed by atoms with E-state index in [2.05, 4.69) is 0 Å². The maximum absolute atomic E-state index is 11.3. The van der Waals surface area contributed by atoms with Gasteiger partial charge in [-0.15, -0.1) is 0 Å². The van der Waals surface area contributed by atoms with Gasteiger partial charge in [0.25, 0.3) is 0 Å². The van der Waals surface area contributed by atoms with Gasteiger partial charge in [0.15, 0.2) is 5.76 Å². The van der Waals surface area contributed by atoms with Gasteiger partial charge in [0, 0.05) is 12.7 Å². The van der Waals surface area contributed by atoms with Gasteiger partial charge in [0.2, 0.25) is 5.78 Å². The fourth-order valence-electron chi connectivity index (χ4n) is 1.14. The molecule has 0 aromatic carbocycles. The van der Waals surface area contributed by atoms with Crippen molar-refractivity contribution in [3.63, 3.8) is 0 Å². The Labute approximate surface area is 89.1 Å². The zero-order chi connectivity index (χ0) is 11.3. The topological polar surface area (TPSA) is 49.8 Å². The van der Waals surface area contributed by atoms with E-state index >= 15 is 0 Å². The van der Waals surface area contributed by atoms with Gasteiger partial charge in [-0.2, -0.15) is 0 Å². The van der Waals surface area contributed by atoms with E-state index in [1.54, 1.807) is 18.4 Å². The predicted molar refractivity (Wildman–Crippen MR) is 56.1 cm³/mol. The Morgan fingerprint density at radius 1 is 1.47 bits per heavy atom. The first-order chi connectivity index (χ1) is 7.17. The summed E-state index contributed by atoms with van der Waals surface area (Å²) in [6, 6.07) is 0. The first-order valence-electron chi connectivity index (χ1n) is 4.91. The molecule has 0 heterocycles. The summed E-state index contributed by atoms with van der Waals surface area (Å²) >= 11 is 0. The van der Waals surface area contributed by atoms with Crippen molar-refractivity contribution in [2.75, 3.05) is 13.2 Å². The number of hydrogen-bond acceptors (Lipinski definition) is 4. The number of nitrogens with zero attached hydrogens (tertiary/aromatic N) is 1. The van der Waals surface area contributed by atoms with Crippen molar-refractivity contribution < 1.29 is 14.7 Å². The quantitative estimate of drug-likeness (QED) is 0.715. The number of ketones is 1. The van der Waals surface area contributed by atoms with Gasteiger partial charge in [-0.05, 0) is 37.6 Å². The van der Waals surface area contributed by atoms with Crippen LogP contribution in [-0.4, -0.2) is 29.2 Å². The normalized spacial score (nSPS) is 17.9. The minimum Gasteiger partial charge on any atom is -0.490 e. The van der Waals surface area contributed by atoms with Crippen LogP contribution in [0.3, 0.4) is 0 Å². The summed E-state index contributed by atoms with van der Waals surface area (Å²) in [6.45, 7) is 4.58. The number of hydrogen-bond donors (Lipinski definition) is 1. The zero-order valence-electron chi connectivity index (χ0n) is 8.93. The van der Waals surface area contributed by atoms with E-state index < -0.39 is 0 Å². The van der Waals surface area contributed by atoms with Crippen LogP contribution in [0.15, 0.2) is 35.8 Å². The van der Waals surface area contributed by atoms with Crippen molar-refractivity contribution in [1.82, 2.24) is 5.06 Å². The van der Waals surface area contributed by atoms with Crippen LogP contribution in [0.1, 0.15) is 13.8 Å². The van der Waals surface area contributed by atoms with Gasteiger partial charge < -0.3 is 4.74 Å². The summed E-state index contributed by atoms with van der Waals surface area (Å²) in [5, 5.41) is 10.3. The molecule has 0 saturated carbocycles. The summed E-state index contributed by atoms with van der Waals surface area (Å²) in [5.74, 6) is 0.172. The van der Waals surface area contributed by atoms with Crippen LogP contribution in [-0.2, 0) is 9.53 Å². The highest BCUT2D eigenvalue weighted by Crippen LogP contribution is 2.14. The average Bonchev–Trinajstić information content (AvgIpc) is 2.23. The molecule has 0 aliphatic heterocycles. The Kier molecular flexibility index (Phi) is 4.12. The first-order valence-corrected chi connectivity index (χ1v) is 4.91. The Balaban J connectivity index is 2.81. The summed E-state index contributed by atoms with van der Waals surface area (Å²) in [5.41, 5.74) is 0.738. The monoisotopic (exact) mass is 209 g/mol. The highest BCUT2D eigenvalue weighted by Gasteiger charge is 2.12. The molecule has 1 N–H and O–H groups in total. The summed E-state index contributed by atoms with van der Waals surface area (Å²) < 4.78 is 5.16. The number of carbonyl (C=O) groups excluding carboxylic acids is 1. The van der Waals surface area contributed by atoms with E-state index in [1.165, 1.54) is 6.08 Å². The molecule has 0 amide bonds. The minimum atomic E-state index is -0.144. The number of hydroxylamine groups is 2. The molecule has 0 atom stereocenters. The van der Waals surface area contributed by atoms with Gasteiger partial charge >= 0.3 is 0 Å². The van der Waals surface area contributed by atoms with E-state index in [0.717, 1.165) is 10.6 Å². The maximum Gasteiger partial charge on any atom is 0.220 e. The predicted octanol–water partition coefficient (Wildman–Crippen LogP) is 1.64. The minimum absolute atomic E-state index is 0.144. The lowest BCUT2D eigenvalue weighted by Gasteiger charge is -2.12. The van der Waals surface area contributed by atoms with Crippen molar-refractivity contribution in [1.29, 1.82) is 0 Å². The van der Waals surface area contributed by atoms with Crippen LogP contribution in [0, 0.1) is 0 Å². The molecule has 4 nitrogen and oxygen atoms in total. The van der Waals surface area contributed by atoms with Crippen LogP contribution < -0.4 is 0 Å². The molecular weight excluding hydrogens is 194 g/mol. The largest absolute Gasteiger partial charge is 0.490 e. The summed E-state index contributed by atoms with van der Waals surface area (Å²) in [7, 11) is 0. The molecule has 1 aliphatic carbocycles. The lowest BCUT2D eigenvalue weighted by molar-refractivity contribution is -0.114. The molecule has 0 spiro atoms. The van der Waals surface area contributed by atoms with Gasteiger partial charge in [-0.25, -0.2) is 0 Å². The molecule has 0 fully saturated rings. The van der Waals surface area contributed by atoms with Gasteiger partial charge in [0.05, 0.1) is 6.61 Å². The van der Waals surface area contributed by atoms with Crippen molar-refractivity contribution in [2.24, 2.45) is 0 Å². The highest BCUT2D eigenvalue weighted by atomic mass is 16.5. The van der Waals surface area contributed by atoms with E-state index in [-0.39, 0.29) is 5.78 Å². The Morgan fingerprint density at radius 3 is 2.80 bits per heavy atom. The molecule has 1 aliphatic rings. The SMILES string of the molecule is CCOC1=C/C(=C/N(O)CC)C=CC1=O. The van der Waals surface area contributed by atoms with Gasteiger partial charge in [-0.1, -0.05) is 0 Å². The second-order valence-electron chi connectivity index (χ2n) is 3.02. The summed E-state index contributed by atoms with van der Waals surface area (Å²) in [6.07, 6.45) is 6.23. The zero-order valence-corrected chi connectivity index (χ0v) is 8.93. The molecule has 1 rings (SSSR count). The van der Waals surface area contributed by atoms with Crippen molar-refractivity contribution in [3.8, 4) is 0 Å². The van der Waals surface area contributed by atoms with Gasteiger partial charge in [-0.3, -0.25) is 15.1 Å². The van der Waals surface area contributed by atoms with Crippen molar-refractivity contribution in [3.05, 3.63) is 35.8 Å². The molecule has 0 aromatic rings. The number of ether oxygens (including phenoxy) is 1. The van der Waals surface area contributed by atoms with Crippen LogP contribution in [0.25, 0.3) is 0 Å². The lowest BCUT2D eigenvalue weighted by Crippen LogP contribution is -2.12. The average molecular weight is 209 g/mol. The Hall–Kier alpha value is -1.55. The maximum atomic E-state index is 11.3. The first kappa shape index (κ1) is 11.5. The number of rotatable bonds is 4. The summed E-state index contributed by atoms with van der Waals surface area (Å²) in [4.78, 5) is 11.3. The molecule has 15 heavy (non-hydrogen) atoms. The fourth-order valence-corrected chi connectivity index (χ4v) is 1.14. The molecule has 0 aromatic heterocycles. The van der Waals surface area contributed by atoms with E-state index in [9.17, 15) is 10.0 Å². The molecule has 4 heteroatoms. The molecular formula is C11H15NO3. The second kappa shape index (κ2) is 5.36. The highest BCUT2D eigenvalue weighted by molar-refractivity contribution is 6.04. The van der Waals surface area contributed by atoms with Crippen LogP contribution in [0.5, 0.6) is 0 Å². The van der Waals surface area contributed by atoms with Crippen molar-refractivity contribution >= 4 is 5.78 Å². The third-order valence-corrected chi connectivity index (χ3v) is 1.89.